The highest BCUT2D eigenvalue weighted by atomic mass is 19.4. The topological polar surface area (TPSA) is 100 Å². The Hall–Kier alpha value is -3.47. The second-order valence-corrected chi connectivity index (χ2v) is 9.27. The number of morpholine rings is 1. The van der Waals surface area contributed by atoms with Gasteiger partial charge in [-0.3, -0.25) is 9.59 Å². The number of carbonyl (C=O) groups excluding carboxylic acids is 1. The number of hydrogen-bond donors (Lipinski definition) is 2. The lowest BCUT2D eigenvalue weighted by atomic mass is 9.98. The molecule has 8 nitrogen and oxygen atoms in total. The van der Waals surface area contributed by atoms with Crippen molar-refractivity contribution in [3.8, 4) is 0 Å². The van der Waals surface area contributed by atoms with E-state index in [1.165, 1.54) is 13.0 Å². The number of halogens is 3. The largest absolute Gasteiger partial charge is 0.416 e. The van der Waals surface area contributed by atoms with Crippen molar-refractivity contribution in [2.45, 2.75) is 59.0 Å². The zero-order valence-electron chi connectivity index (χ0n) is 20.7. The summed E-state index contributed by atoms with van der Waals surface area (Å²) in [7, 11) is 0. The van der Waals surface area contributed by atoms with Crippen LogP contribution in [0.1, 0.15) is 59.9 Å². The van der Waals surface area contributed by atoms with E-state index in [0.717, 1.165) is 6.07 Å². The summed E-state index contributed by atoms with van der Waals surface area (Å²) in [5.74, 6) is 0.00693. The first kappa shape index (κ1) is 25.6. The first-order valence-electron chi connectivity index (χ1n) is 11.6. The molecule has 11 heteroatoms. The first-order chi connectivity index (χ1) is 16.8. The van der Waals surface area contributed by atoms with E-state index >= 15 is 0 Å². The van der Waals surface area contributed by atoms with Crippen molar-refractivity contribution in [2.75, 3.05) is 18.4 Å². The molecule has 1 aliphatic heterocycles. The number of nitrogens with zero attached hydrogens (tertiary/aromatic N) is 3. The minimum absolute atomic E-state index is 0.0213. The maximum absolute atomic E-state index is 13.9. The van der Waals surface area contributed by atoms with Crippen LogP contribution < -0.4 is 10.9 Å². The highest BCUT2D eigenvalue weighted by molar-refractivity contribution is 5.92. The molecule has 1 aliphatic rings. The van der Waals surface area contributed by atoms with Gasteiger partial charge in [0.25, 0.3) is 11.5 Å². The summed E-state index contributed by atoms with van der Waals surface area (Å²) in [5.41, 5.74) is -0.304. The van der Waals surface area contributed by atoms with Gasteiger partial charge in [0, 0.05) is 19.1 Å². The van der Waals surface area contributed by atoms with E-state index in [9.17, 15) is 22.8 Å². The van der Waals surface area contributed by atoms with E-state index in [1.54, 1.807) is 30.9 Å². The van der Waals surface area contributed by atoms with E-state index in [1.807, 2.05) is 13.8 Å². The Labute approximate surface area is 205 Å². The van der Waals surface area contributed by atoms with Crippen molar-refractivity contribution in [1.82, 2.24) is 19.9 Å². The number of hydrogen-bond acceptors (Lipinski definition) is 6. The van der Waals surface area contributed by atoms with Crippen LogP contribution in [0.15, 0.2) is 29.1 Å². The number of H-pyrrole nitrogens is 1. The number of aryl methyl sites for hydroxylation is 2. The molecule has 3 atom stereocenters. The lowest BCUT2D eigenvalue weighted by Crippen LogP contribution is -2.48. The number of fused-ring (bicyclic) bond motifs is 1. The second-order valence-electron chi connectivity index (χ2n) is 9.27. The van der Waals surface area contributed by atoms with Gasteiger partial charge in [-0.15, -0.1) is 0 Å². The molecular formula is C25H28F3N5O3. The molecule has 3 unspecified atom stereocenters. The summed E-state index contributed by atoms with van der Waals surface area (Å²) in [6.45, 7) is 9.47. The minimum Gasteiger partial charge on any atom is -0.377 e. The minimum atomic E-state index is -4.65. The zero-order valence-corrected chi connectivity index (χ0v) is 20.7. The van der Waals surface area contributed by atoms with E-state index < -0.39 is 23.3 Å². The predicted octanol–water partition coefficient (Wildman–Crippen LogP) is 4.38. The smallest absolute Gasteiger partial charge is 0.377 e. The third-order valence-corrected chi connectivity index (χ3v) is 6.15. The Morgan fingerprint density at radius 3 is 2.44 bits per heavy atom. The SMILES string of the molecule is Cc1nc2cc(C(F)(F)F)c(C(C)Nc3ccc(C(=O)N4CC(C)OC(C)C4)nc3C)cc2c(=O)[nH]1. The van der Waals surface area contributed by atoms with Gasteiger partial charge in [0.15, 0.2) is 0 Å². The number of benzene rings is 1. The molecule has 1 saturated heterocycles. The Morgan fingerprint density at radius 1 is 1.17 bits per heavy atom. The standard InChI is InChI=1S/C25H28F3N5O3/c1-12-10-33(11-13(2)36-12)24(35)21-7-6-20(15(4)30-21)29-14(3)17-8-18-22(9-19(17)25(26,27)28)31-16(5)32-23(18)34/h6-9,12-14,29H,10-11H2,1-5H3,(H,31,32,34). The summed E-state index contributed by atoms with van der Waals surface area (Å²) < 4.78 is 47.4. The summed E-state index contributed by atoms with van der Waals surface area (Å²) >= 11 is 0. The Balaban J connectivity index is 1.63. The van der Waals surface area contributed by atoms with Gasteiger partial charge >= 0.3 is 6.18 Å². The molecule has 2 aromatic heterocycles. The van der Waals surface area contributed by atoms with Crippen LogP contribution in [0, 0.1) is 13.8 Å². The molecule has 1 fully saturated rings. The summed E-state index contributed by atoms with van der Waals surface area (Å²) in [6.07, 6.45) is -4.82. The van der Waals surface area contributed by atoms with Crippen LogP contribution in [-0.4, -0.2) is 51.1 Å². The maximum atomic E-state index is 13.9. The number of nitrogens with one attached hydrogen (secondary N) is 2. The van der Waals surface area contributed by atoms with Crippen molar-refractivity contribution in [3.05, 3.63) is 63.0 Å². The average Bonchev–Trinajstić information content (AvgIpc) is 2.77. The molecule has 0 radical (unpaired) electrons. The number of anilines is 1. The van der Waals surface area contributed by atoms with E-state index in [-0.39, 0.29) is 46.1 Å². The zero-order chi connectivity index (χ0) is 26.4. The van der Waals surface area contributed by atoms with E-state index in [0.29, 0.717) is 24.5 Å². The number of aromatic amines is 1. The molecule has 0 bridgehead atoms. The highest BCUT2D eigenvalue weighted by Gasteiger charge is 2.35. The lowest BCUT2D eigenvalue weighted by molar-refractivity contribution is -0.138. The Morgan fingerprint density at radius 2 is 1.83 bits per heavy atom. The van der Waals surface area contributed by atoms with Crippen LogP contribution >= 0.6 is 0 Å². The Bertz CT molecular complexity index is 1360. The van der Waals surface area contributed by atoms with Crippen molar-refractivity contribution < 1.29 is 22.7 Å². The van der Waals surface area contributed by atoms with Crippen LogP contribution in [-0.2, 0) is 10.9 Å². The van der Waals surface area contributed by atoms with Gasteiger partial charge in [-0.05, 0) is 64.4 Å². The fourth-order valence-corrected chi connectivity index (χ4v) is 4.57. The van der Waals surface area contributed by atoms with Crippen molar-refractivity contribution in [1.29, 1.82) is 0 Å². The molecule has 2 N–H and O–H groups in total. The summed E-state index contributed by atoms with van der Waals surface area (Å²) in [4.78, 5) is 38.0. The van der Waals surface area contributed by atoms with Gasteiger partial charge in [-0.2, -0.15) is 13.2 Å². The summed E-state index contributed by atoms with van der Waals surface area (Å²) in [6, 6.07) is 4.49. The molecule has 0 saturated carbocycles. The molecule has 3 aromatic rings. The molecule has 0 spiro atoms. The number of carbonyl (C=O) groups is 1. The third kappa shape index (κ3) is 5.20. The quantitative estimate of drug-likeness (QED) is 0.548. The number of rotatable bonds is 4. The molecule has 1 amide bonds. The van der Waals surface area contributed by atoms with Crippen molar-refractivity contribution in [3.63, 3.8) is 0 Å². The van der Waals surface area contributed by atoms with Crippen molar-refractivity contribution >= 4 is 22.5 Å². The molecule has 3 heterocycles. The highest BCUT2D eigenvalue weighted by Crippen LogP contribution is 2.37. The molecule has 36 heavy (non-hydrogen) atoms. The third-order valence-electron chi connectivity index (χ3n) is 6.15. The number of alkyl halides is 3. The lowest BCUT2D eigenvalue weighted by Gasteiger charge is -2.35. The molecular weight excluding hydrogens is 475 g/mol. The van der Waals surface area contributed by atoms with Gasteiger partial charge in [0.2, 0.25) is 0 Å². The van der Waals surface area contributed by atoms with E-state index in [4.69, 9.17) is 4.74 Å². The van der Waals surface area contributed by atoms with Gasteiger partial charge in [0.1, 0.15) is 11.5 Å². The average molecular weight is 504 g/mol. The first-order valence-corrected chi connectivity index (χ1v) is 11.6. The van der Waals surface area contributed by atoms with Crippen molar-refractivity contribution in [2.24, 2.45) is 0 Å². The summed E-state index contributed by atoms with van der Waals surface area (Å²) in [5, 5.41) is 3.13. The van der Waals surface area contributed by atoms with Crippen LogP contribution in [0.25, 0.3) is 10.9 Å². The fourth-order valence-electron chi connectivity index (χ4n) is 4.57. The van der Waals surface area contributed by atoms with Gasteiger partial charge in [-0.25, -0.2) is 9.97 Å². The number of amides is 1. The van der Waals surface area contributed by atoms with Crippen LogP contribution in [0.5, 0.6) is 0 Å². The van der Waals surface area contributed by atoms with Gasteiger partial charge in [0.05, 0.1) is 40.1 Å². The molecule has 4 rings (SSSR count). The normalized spacial score (nSPS) is 19.4. The maximum Gasteiger partial charge on any atom is 0.416 e. The Kier molecular flexibility index (Phi) is 6.78. The number of aromatic nitrogens is 3. The molecule has 0 aliphatic carbocycles. The van der Waals surface area contributed by atoms with Gasteiger partial charge in [-0.1, -0.05) is 0 Å². The fraction of sp³-hybridized carbons (Fsp3) is 0.440. The number of ether oxygens (including phenoxy) is 1. The monoisotopic (exact) mass is 503 g/mol. The van der Waals surface area contributed by atoms with Gasteiger partial charge < -0.3 is 19.9 Å². The number of pyridine rings is 1. The van der Waals surface area contributed by atoms with Crippen LogP contribution in [0.3, 0.4) is 0 Å². The van der Waals surface area contributed by atoms with Crippen LogP contribution in [0.2, 0.25) is 0 Å². The second kappa shape index (κ2) is 9.53. The molecule has 1 aromatic carbocycles. The van der Waals surface area contributed by atoms with E-state index in [2.05, 4.69) is 20.3 Å². The molecule has 192 valence electrons. The van der Waals surface area contributed by atoms with Crippen LogP contribution in [0.4, 0.5) is 18.9 Å². The predicted molar refractivity (Wildman–Crippen MR) is 129 cm³/mol.